The first-order valence-corrected chi connectivity index (χ1v) is 5.19. The smallest absolute Gasteiger partial charge is 0.129 e. The predicted octanol–water partition coefficient (Wildman–Crippen LogP) is 1.78. The molecule has 1 heterocycles. The second-order valence-corrected chi connectivity index (χ2v) is 3.57. The summed E-state index contributed by atoms with van der Waals surface area (Å²) >= 11 is 5.76. The van der Waals surface area contributed by atoms with Crippen LogP contribution in [0.15, 0.2) is 12.3 Å². The van der Waals surface area contributed by atoms with Gasteiger partial charge in [-0.2, -0.15) is 0 Å². The molecule has 0 aromatic carbocycles. The fourth-order valence-corrected chi connectivity index (χ4v) is 1.39. The van der Waals surface area contributed by atoms with Crippen LogP contribution in [0, 0.1) is 0 Å². The van der Waals surface area contributed by atoms with E-state index in [2.05, 4.69) is 4.98 Å². The Morgan fingerprint density at radius 1 is 1.67 bits per heavy atom. The highest BCUT2D eigenvalue weighted by molar-refractivity contribution is 6.30. The molecule has 3 N–H and O–H groups in total. The van der Waals surface area contributed by atoms with E-state index in [9.17, 15) is 5.11 Å². The van der Waals surface area contributed by atoms with E-state index in [1.54, 1.807) is 6.07 Å². The van der Waals surface area contributed by atoms with E-state index < -0.39 is 6.10 Å². The number of aliphatic hydroxyl groups is 1. The number of aliphatic hydroxyl groups excluding tert-OH is 1. The molecule has 15 heavy (non-hydrogen) atoms. The van der Waals surface area contributed by atoms with Gasteiger partial charge in [-0.3, -0.25) is 0 Å². The highest BCUT2D eigenvalue weighted by Crippen LogP contribution is 2.24. The molecule has 1 aromatic rings. The molecule has 4 nitrogen and oxygen atoms in total. The summed E-state index contributed by atoms with van der Waals surface area (Å²) in [4.78, 5) is 3.87. The van der Waals surface area contributed by atoms with Crippen molar-refractivity contribution in [3.8, 4) is 0 Å². The highest BCUT2D eigenvalue weighted by atomic mass is 35.5. The van der Waals surface area contributed by atoms with Gasteiger partial charge in [0.15, 0.2) is 0 Å². The van der Waals surface area contributed by atoms with Gasteiger partial charge in [-0.1, -0.05) is 11.6 Å². The van der Waals surface area contributed by atoms with Crippen LogP contribution in [-0.2, 0) is 4.74 Å². The van der Waals surface area contributed by atoms with Gasteiger partial charge < -0.3 is 15.6 Å². The minimum atomic E-state index is -0.678. The molecule has 0 saturated heterocycles. The van der Waals surface area contributed by atoms with E-state index in [1.165, 1.54) is 6.20 Å². The summed E-state index contributed by atoms with van der Waals surface area (Å²) in [7, 11) is 0. The van der Waals surface area contributed by atoms with E-state index in [4.69, 9.17) is 22.1 Å². The SMILES string of the molecule is CCOCCC(O)c1cc(Cl)cnc1N. The van der Waals surface area contributed by atoms with Crippen LogP contribution < -0.4 is 5.73 Å². The van der Waals surface area contributed by atoms with E-state index in [1.807, 2.05) is 6.92 Å². The van der Waals surface area contributed by atoms with Crippen molar-refractivity contribution in [1.82, 2.24) is 4.98 Å². The molecule has 5 heteroatoms. The maximum absolute atomic E-state index is 9.79. The average molecular weight is 231 g/mol. The maximum atomic E-state index is 9.79. The first kappa shape index (κ1) is 12.2. The molecule has 1 unspecified atom stereocenters. The Kier molecular flexibility index (Phi) is 4.81. The van der Waals surface area contributed by atoms with Crippen molar-refractivity contribution in [2.24, 2.45) is 0 Å². The molecule has 0 amide bonds. The lowest BCUT2D eigenvalue weighted by Crippen LogP contribution is -2.07. The summed E-state index contributed by atoms with van der Waals surface area (Å²) in [6, 6.07) is 1.63. The Hall–Kier alpha value is -0.840. The highest BCUT2D eigenvalue weighted by Gasteiger charge is 2.12. The molecule has 84 valence electrons. The zero-order valence-electron chi connectivity index (χ0n) is 8.61. The van der Waals surface area contributed by atoms with Crippen LogP contribution >= 0.6 is 11.6 Å². The summed E-state index contributed by atoms with van der Waals surface area (Å²) < 4.78 is 5.14. The van der Waals surface area contributed by atoms with Gasteiger partial charge in [0.2, 0.25) is 0 Å². The summed E-state index contributed by atoms with van der Waals surface area (Å²) in [6.07, 6.45) is 1.26. The largest absolute Gasteiger partial charge is 0.388 e. The molecule has 0 radical (unpaired) electrons. The molecule has 1 aromatic heterocycles. The van der Waals surface area contributed by atoms with Gasteiger partial charge in [0.05, 0.1) is 11.1 Å². The standard InChI is InChI=1S/C10H15ClN2O2/c1-2-15-4-3-9(14)8-5-7(11)6-13-10(8)12/h5-6,9,14H,2-4H2,1H3,(H2,12,13). The number of nitrogen functional groups attached to an aromatic ring is 1. The number of rotatable bonds is 5. The lowest BCUT2D eigenvalue weighted by atomic mass is 10.1. The number of hydrogen-bond donors (Lipinski definition) is 2. The average Bonchev–Trinajstić information content (AvgIpc) is 2.22. The number of pyridine rings is 1. The molecule has 0 saturated carbocycles. The van der Waals surface area contributed by atoms with Crippen LogP contribution in [0.25, 0.3) is 0 Å². The third-order valence-electron chi connectivity index (χ3n) is 2.01. The second-order valence-electron chi connectivity index (χ2n) is 3.13. The second kappa shape index (κ2) is 5.90. The van der Waals surface area contributed by atoms with E-state index in [0.29, 0.717) is 36.0 Å². The van der Waals surface area contributed by atoms with Crippen molar-refractivity contribution in [3.63, 3.8) is 0 Å². The molecule has 0 fully saturated rings. The first-order chi connectivity index (χ1) is 7.15. The van der Waals surface area contributed by atoms with Gasteiger partial charge in [-0.15, -0.1) is 0 Å². The van der Waals surface area contributed by atoms with Crippen molar-refractivity contribution in [3.05, 3.63) is 22.8 Å². The number of nitrogens with zero attached hydrogens (tertiary/aromatic N) is 1. The Labute approximate surface area is 94.0 Å². The molecule has 0 spiro atoms. The van der Waals surface area contributed by atoms with Crippen molar-refractivity contribution in [2.45, 2.75) is 19.4 Å². The van der Waals surface area contributed by atoms with Gasteiger partial charge in [0.1, 0.15) is 5.82 Å². The lowest BCUT2D eigenvalue weighted by molar-refractivity contribution is 0.0888. The van der Waals surface area contributed by atoms with Gasteiger partial charge in [-0.05, 0) is 13.0 Å². The molecule has 1 atom stereocenters. The maximum Gasteiger partial charge on any atom is 0.129 e. The summed E-state index contributed by atoms with van der Waals surface area (Å²) in [6.45, 7) is 3.03. The van der Waals surface area contributed by atoms with Crippen molar-refractivity contribution < 1.29 is 9.84 Å². The third kappa shape index (κ3) is 3.66. The van der Waals surface area contributed by atoms with Gasteiger partial charge >= 0.3 is 0 Å². The minimum absolute atomic E-state index is 0.309. The minimum Gasteiger partial charge on any atom is -0.388 e. The number of aromatic nitrogens is 1. The fraction of sp³-hybridized carbons (Fsp3) is 0.500. The van der Waals surface area contributed by atoms with Crippen molar-refractivity contribution in [2.75, 3.05) is 18.9 Å². The van der Waals surface area contributed by atoms with Crippen LogP contribution in [-0.4, -0.2) is 23.3 Å². The predicted molar refractivity (Wildman–Crippen MR) is 59.7 cm³/mol. The Balaban J connectivity index is 2.64. The van der Waals surface area contributed by atoms with Crippen LogP contribution in [0.4, 0.5) is 5.82 Å². The van der Waals surface area contributed by atoms with Crippen LogP contribution in [0.1, 0.15) is 25.0 Å². The zero-order valence-corrected chi connectivity index (χ0v) is 9.37. The number of anilines is 1. The molecule has 0 aliphatic rings. The van der Waals surface area contributed by atoms with Gasteiger partial charge in [0.25, 0.3) is 0 Å². The van der Waals surface area contributed by atoms with Crippen LogP contribution in [0.2, 0.25) is 5.02 Å². The van der Waals surface area contributed by atoms with Gasteiger partial charge in [0, 0.05) is 31.4 Å². The molecule has 0 bridgehead atoms. The van der Waals surface area contributed by atoms with E-state index >= 15 is 0 Å². The Morgan fingerprint density at radius 3 is 3.07 bits per heavy atom. The number of ether oxygens (including phenoxy) is 1. The van der Waals surface area contributed by atoms with E-state index in [0.717, 1.165) is 0 Å². The molecular formula is C10H15ClN2O2. The van der Waals surface area contributed by atoms with Gasteiger partial charge in [-0.25, -0.2) is 4.98 Å². The molecule has 0 aliphatic heterocycles. The quantitative estimate of drug-likeness (QED) is 0.757. The Morgan fingerprint density at radius 2 is 2.40 bits per heavy atom. The monoisotopic (exact) mass is 230 g/mol. The van der Waals surface area contributed by atoms with Crippen molar-refractivity contribution >= 4 is 17.4 Å². The number of halogens is 1. The normalized spacial score (nSPS) is 12.7. The number of nitrogens with two attached hydrogens (primary N) is 1. The molecule has 0 aliphatic carbocycles. The topological polar surface area (TPSA) is 68.4 Å². The molecular weight excluding hydrogens is 216 g/mol. The van der Waals surface area contributed by atoms with Crippen LogP contribution in [0.3, 0.4) is 0 Å². The van der Waals surface area contributed by atoms with Crippen molar-refractivity contribution in [1.29, 1.82) is 0 Å². The summed E-state index contributed by atoms with van der Waals surface area (Å²) in [5.74, 6) is 0.309. The third-order valence-corrected chi connectivity index (χ3v) is 2.22. The Bertz CT molecular complexity index is 320. The fourth-order valence-electron chi connectivity index (χ4n) is 1.23. The zero-order chi connectivity index (χ0) is 11.3. The van der Waals surface area contributed by atoms with Crippen LogP contribution in [0.5, 0.6) is 0 Å². The lowest BCUT2D eigenvalue weighted by Gasteiger charge is -2.12. The summed E-state index contributed by atoms with van der Waals surface area (Å²) in [5, 5.41) is 10.3. The summed E-state index contributed by atoms with van der Waals surface area (Å²) in [5.41, 5.74) is 6.18. The molecule has 1 rings (SSSR count). The first-order valence-electron chi connectivity index (χ1n) is 4.82. The van der Waals surface area contributed by atoms with E-state index in [-0.39, 0.29) is 0 Å². The number of hydrogen-bond acceptors (Lipinski definition) is 4.